The second kappa shape index (κ2) is 12.5. The fourth-order valence-corrected chi connectivity index (χ4v) is 7.64. The van der Waals surface area contributed by atoms with E-state index in [-0.39, 0.29) is 35.0 Å². The number of piperidine rings is 1. The molecule has 4 aromatic rings. The van der Waals surface area contributed by atoms with Crippen molar-refractivity contribution in [3.63, 3.8) is 0 Å². The molecule has 0 bridgehead atoms. The Labute approximate surface area is 269 Å². The smallest absolute Gasteiger partial charge is 0.253 e. The Morgan fingerprint density at radius 2 is 1.59 bits per heavy atom. The molecule has 46 heavy (non-hydrogen) atoms. The minimum absolute atomic E-state index is 0.000307. The van der Waals surface area contributed by atoms with Gasteiger partial charge in [-0.1, -0.05) is 54.5 Å². The average Bonchev–Trinajstić information content (AvgIpc) is 3.51. The van der Waals surface area contributed by atoms with Gasteiger partial charge >= 0.3 is 0 Å². The quantitative estimate of drug-likeness (QED) is 0.308. The van der Waals surface area contributed by atoms with Gasteiger partial charge in [0.1, 0.15) is 5.69 Å². The maximum Gasteiger partial charge on any atom is 0.253 e. The van der Waals surface area contributed by atoms with Crippen molar-refractivity contribution in [1.29, 1.82) is 0 Å². The molecule has 7 rings (SSSR count). The van der Waals surface area contributed by atoms with Crippen LogP contribution in [0.25, 0.3) is 22.0 Å². The third kappa shape index (κ3) is 5.78. The van der Waals surface area contributed by atoms with Gasteiger partial charge in [-0.25, -0.2) is 0 Å². The predicted octanol–water partition coefficient (Wildman–Crippen LogP) is 5.25. The van der Waals surface area contributed by atoms with E-state index in [9.17, 15) is 14.4 Å². The van der Waals surface area contributed by atoms with E-state index in [0.29, 0.717) is 30.9 Å². The van der Waals surface area contributed by atoms with Gasteiger partial charge in [-0.05, 0) is 79.8 Å². The summed E-state index contributed by atoms with van der Waals surface area (Å²) in [4.78, 5) is 43.1. The van der Waals surface area contributed by atoms with Crippen molar-refractivity contribution < 1.29 is 14.4 Å². The molecule has 1 aliphatic carbocycles. The molecule has 1 spiro atoms. The molecule has 3 aliphatic rings. The zero-order chi connectivity index (χ0) is 31.7. The summed E-state index contributed by atoms with van der Waals surface area (Å²) >= 11 is 0. The van der Waals surface area contributed by atoms with Gasteiger partial charge in [-0.2, -0.15) is 5.10 Å². The molecule has 2 N–H and O–H groups in total. The van der Waals surface area contributed by atoms with Crippen LogP contribution in [0.15, 0.2) is 72.8 Å². The van der Waals surface area contributed by atoms with Gasteiger partial charge in [0, 0.05) is 67.0 Å². The minimum Gasteiger partial charge on any atom is -0.359 e. The van der Waals surface area contributed by atoms with Gasteiger partial charge in [-0.15, -0.1) is 0 Å². The lowest BCUT2D eigenvalue weighted by Crippen LogP contribution is -2.65. The fraction of sp³-hybridized carbons (Fsp3) is 0.368. The van der Waals surface area contributed by atoms with Crippen molar-refractivity contribution in [3.8, 4) is 23.0 Å². The molecule has 2 aliphatic heterocycles. The number of aromatic amines is 1. The zero-order valence-corrected chi connectivity index (χ0v) is 26.2. The summed E-state index contributed by atoms with van der Waals surface area (Å²) in [5.41, 5.74) is 5.13. The third-order valence-corrected chi connectivity index (χ3v) is 10.1. The molecule has 234 valence electrons. The van der Waals surface area contributed by atoms with Crippen LogP contribution in [-0.2, 0) is 9.59 Å². The molecule has 1 saturated carbocycles. The summed E-state index contributed by atoms with van der Waals surface area (Å²) in [6.45, 7) is 2.80. The molecule has 3 fully saturated rings. The van der Waals surface area contributed by atoms with E-state index in [2.05, 4.69) is 45.6 Å². The Morgan fingerprint density at radius 3 is 2.37 bits per heavy atom. The number of amides is 3. The van der Waals surface area contributed by atoms with Crippen LogP contribution in [0, 0.1) is 29.1 Å². The summed E-state index contributed by atoms with van der Waals surface area (Å²) < 4.78 is 0. The summed E-state index contributed by atoms with van der Waals surface area (Å²) in [5.74, 6) is 6.92. The Balaban J connectivity index is 1.01. The number of nitrogens with one attached hydrogen (secondary N) is 2. The molecule has 3 amide bonds. The Hall–Kier alpha value is -4.90. The molecule has 3 aromatic carbocycles. The Morgan fingerprint density at radius 1 is 0.870 bits per heavy atom. The van der Waals surface area contributed by atoms with Crippen molar-refractivity contribution in [1.82, 2.24) is 25.3 Å². The van der Waals surface area contributed by atoms with Gasteiger partial charge in [0.25, 0.3) is 5.91 Å². The highest BCUT2D eigenvalue weighted by atomic mass is 16.2. The lowest BCUT2D eigenvalue weighted by molar-refractivity contribution is -0.144. The molecular weight excluding hydrogens is 574 g/mol. The topological polar surface area (TPSA) is 98.4 Å². The molecule has 0 unspecified atom stereocenters. The first-order valence-electron chi connectivity index (χ1n) is 16.4. The van der Waals surface area contributed by atoms with Gasteiger partial charge < -0.3 is 15.1 Å². The SMILES string of the molecule is CNC(=O)C1CCC(C(=O)N2CCCC3(CN(C(=O)c4ccc5n[nH]c(C#Cc6ccccc6-c6ccccc6)c5c4)C3)C2)CC1. The van der Waals surface area contributed by atoms with Crippen molar-refractivity contribution in [3.05, 3.63) is 89.6 Å². The van der Waals surface area contributed by atoms with Crippen molar-refractivity contribution in [2.45, 2.75) is 38.5 Å². The minimum atomic E-state index is -0.0363. The Kier molecular flexibility index (Phi) is 8.08. The maximum atomic E-state index is 13.6. The Bertz CT molecular complexity index is 1840. The molecule has 2 saturated heterocycles. The van der Waals surface area contributed by atoms with Gasteiger partial charge in [0.05, 0.1) is 5.52 Å². The van der Waals surface area contributed by atoms with Crippen molar-refractivity contribution in [2.75, 3.05) is 33.2 Å². The molecule has 0 atom stereocenters. The number of carbonyl (C=O) groups is 3. The van der Waals surface area contributed by atoms with Crippen LogP contribution in [0.5, 0.6) is 0 Å². The summed E-state index contributed by atoms with van der Waals surface area (Å²) in [6, 6.07) is 23.9. The van der Waals surface area contributed by atoms with E-state index in [0.717, 1.165) is 72.7 Å². The van der Waals surface area contributed by atoms with Crippen LogP contribution in [0.1, 0.15) is 60.1 Å². The highest BCUT2D eigenvalue weighted by Gasteiger charge is 2.49. The molecule has 8 nitrogen and oxygen atoms in total. The van der Waals surface area contributed by atoms with Crippen LogP contribution in [-0.4, -0.2) is 70.9 Å². The number of hydrogen-bond acceptors (Lipinski definition) is 4. The molecule has 1 aromatic heterocycles. The standard InChI is InChI=1S/C38H39N5O3/c1-39-35(44)28-12-14-29(15-13-28)36(45)42-21-7-20-38(23-42)24-43(25-38)37(46)30-17-19-34-32(22-30)33(40-41-34)18-16-27-10-5-6-11-31(27)26-8-3-2-4-9-26/h2-6,8-11,17,19,22,28-29H,7,12-15,20-21,23-25H2,1H3,(H,39,44)(H,40,41). The summed E-state index contributed by atoms with van der Waals surface area (Å²) in [6.07, 6.45) is 5.06. The average molecular weight is 614 g/mol. The second-order valence-electron chi connectivity index (χ2n) is 13.2. The maximum absolute atomic E-state index is 13.6. The molecule has 3 heterocycles. The number of likely N-dealkylation sites (tertiary alicyclic amines) is 2. The van der Waals surface area contributed by atoms with Gasteiger partial charge in [-0.3, -0.25) is 19.5 Å². The largest absolute Gasteiger partial charge is 0.359 e. The first-order chi connectivity index (χ1) is 22.4. The highest BCUT2D eigenvalue weighted by Crippen LogP contribution is 2.41. The summed E-state index contributed by atoms with van der Waals surface area (Å²) in [5, 5.41) is 11.1. The van der Waals surface area contributed by atoms with E-state index >= 15 is 0 Å². The number of carbonyl (C=O) groups excluding carboxylic acids is 3. The van der Waals surface area contributed by atoms with E-state index in [1.807, 2.05) is 64.4 Å². The lowest BCUT2D eigenvalue weighted by atomic mass is 9.72. The van der Waals surface area contributed by atoms with E-state index in [1.165, 1.54) is 0 Å². The van der Waals surface area contributed by atoms with Gasteiger partial charge in [0.2, 0.25) is 11.8 Å². The van der Waals surface area contributed by atoms with Crippen LogP contribution >= 0.6 is 0 Å². The molecule has 8 heteroatoms. The van der Waals surface area contributed by atoms with Crippen LogP contribution in [0.2, 0.25) is 0 Å². The van der Waals surface area contributed by atoms with Crippen molar-refractivity contribution in [2.24, 2.45) is 17.3 Å². The van der Waals surface area contributed by atoms with E-state index < -0.39 is 0 Å². The first kappa shape index (κ1) is 29.8. The number of H-pyrrole nitrogens is 1. The highest BCUT2D eigenvalue weighted by molar-refractivity contribution is 5.99. The monoisotopic (exact) mass is 613 g/mol. The third-order valence-electron chi connectivity index (χ3n) is 10.1. The molecular formula is C38H39N5O3. The normalized spacial score (nSPS) is 20.5. The number of fused-ring (bicyclic) bond motifs is 1. The number of aromatic nitrogens is 2. The van der Waals surface area contributed by atoms with Crippen LogP contribution < -0.4 is 5.32 Å². The zero-order valence-electron chi connectivity index (χ0n) is 26.2. The lowest BCUT2D eigenvalue weighted by Gasteiger charge is -2.55. The van der Waals surface area contributed by atoms with E-state index in [4.69, 9.17) is 0 Å². The first-order valence-corrected chi connectivity index (χ1v) is 16.4. The fourth-order valence-electron chi connectivity index (χ4n) is 7.64. The molecule has 0 radical (unpaired) electrons. The number of benzene rings is 3. The van der Waals surface area contributed by atoms with Gasteiger partial charge in [0.15, 0.2) is 0 Å². The number of nitrogens with zero attached hydrogens (tertiary/aromatic N) is 3. The number of hydrogen-bond donors (Lipinski definition) is 2. The van der Waals surface area contributed by atoms with Crippen LogP contribution in [0.4, 0.5) is 0 Å². The summed E-state index contributed by atoms with van der Waals surface area (Å²) in [7, 11) is 1.68. The second-order valence-corrected chi connectivity index (χ2v) is 13.2. The predicted molar refractivity (Wildman–Crippen MR) is 178 cm³/mol. The van der Waals surface area contributed by atoms with Crippen molar-refractivity contribution >= 4 is 28.6 Å². The van der Waals surface area contributed by atoms with E-state index in [1.54, 1.807) is 7.05 Å². The van der Waals surface area contributed by atoms with Crippen LogP contribution in [0.3, 0.4) is 0 Å². The number of rotatable bonds is 4.